The Hall–Kier alpha value is -2.98. The van der Waals surface area contributed by atoms with Crippen molar-refractivity contribution in [2.75, 3.05) is 0 Å². The number of aromatic hydroxyl groups is 1. The highest BCUT2D eigenvalue weighted by molar-refractivity contribution is 5.52. The number of hydrogen-bond donors (Lipinski definition) is 2. The lowest BCUT2D eigenvalue weighted by Gasteiger charge is -2.14. The summed E-state index contributed by atoms with van der Waals surface area (Å²) >= 11 is 0. The maximum atomic E-state index is 10.1. The summed E-state index contributed by atoms with van der Waals surface area (Å²) in [4.78, 5) is 0. The van der Waals surface area contributed by atoms with Crippen LogP contribution in [0.5, 0.6) is 28.7 Å². The zero-order chi connectivity index (χ0) is 16.1. The predicted octanol–water partition coefficient (Wildman–Crippen LogP) is 4.47. The van der Waals surface area contributed by atoms with Gasteiger partial charge in [-0.05, 0) is 24.3 Å². The molecule has 0 aliphatic carbocycles. The molecule has 0 spiro atoms. The van der Waals surface area contributed by atoms with Crippen LogP contribution in [-0.4, -0.2) is 10.2 Å². The summed E-state index contributed by atoms with van der Waals surface area (Å²) in [6, 6.07) is 21.5. The van der Waals surface area contributed by atoms with Gasteiger partial charge in [0.05, 0.1) is 12.2 Å². The molecule has 0 atom stereocenters. The largest absolute Gasteiger partial charge is 0.507 e. The summed E-state index contributed by atoms with van der Waals surface area (Å²) in [5.74, 6) is 1.96. The third-order valence-corrected chi connectivity index (χ3v) is 3.27. The lowest BCUT2D eigenvalue weighted by atomic mass is 10.1. The van der Waals surface area contributed by atoms with E-state index in [0.717, 1.165) is 0 Å². The summed E-state index contributed by atoms with van der Waals surface area (Å²) in [6.07, 6.45) is 0. The molecule has 3 aromatic rings. The van der Waals surface area contributed by atoms with Gasteiger partial charge >= 0.3 is 0 Å². The first kappa shape index (κ1) is 14.9. The van der Waals surface area contributed by atoms with Gasteiger partial charge in [0.15, 0.2) is 0 Å². The smallest absolute Gasteiger partial charge is 0.140 e. The highest BCUT2D eigenvalue weighted by Crippen LogP contribution is 2.37. The molecular weight excluding hydrogens is 292 g/mol. The van der Waals surface area contributed by atoms with Crippen LogP contribution in [0.15, 0.2) is 72.8 Å². The minimum Gasteiger partial charge on any atom is -0.507 e. The summed E-state index contributed by atoms with van der Waals surface area (Å²) in [5.41, 5.74) is 0.314. The molecular formula is C19H16O4. The standard InChI is InChI=1S/C19H16O4/c20-13-17-18(21)11-16(22-14-7-3-1-4-8-14)12-19(17)23-15-9-5-2-6-10-15/h1-12,20-21H,13H2. The first-order chi connectivity index (χ1) is 11.3. The van der Waals surface area contributed by atoms with Crippen molar-refractivity contribution in [3.8, 4) is 28.7 Å². The molecule has 4 heteroatoms. The van der Waals surface area contributed by atoms with E-state index in [1.54, 1.807) is 18.2 Å². The summed E-state index contributed by atoms with van der Waals surface area (Å²) in [5, 5.41) is 19.6. The van der Waals surface area contributed by atoms with Gasteiger partial charge in [-0.2, -0.15) is 0 Å². The Morgan fingerprint density at radius 3 is 1.83 bits per heavy atom. The number of para-hydroxylation sites is 2. The molecule has 116 valence electrons. The van der Waals surface area contributed by atoms with E-state index in [2.05, 4.69) is 0 Å². The second-order valence-corrected chi connectivity index (χ2v) is 4.91. The number of aliphatic hydroxyl groups is 1. The van der Waals surface area contributed by atoms with Gasteiger partial charge in [0.25, 0.3) is 0 Å². The van der Waals surface area contributed by atoms with Gasteiger partial charge < -0.3 is 19.7 Å². The molecule has 0 aliphatic heterocycles. The maximum absolute atomic E-state index is 10.1. The monoisotopic (exact) mass is 308 g/mol. The fourth-order valence-electron chi connectivity index (χ4n) is 2.16. The molecule has 4 nitrogen and oxygen atoms in total. The second kappa shape index (κ2) is 6.85. The van der Waals surface area contributed by atoms with E-state index in [1.165, 1.54) is 6.07 Å². The number of aliphatic hydroxyl groups excluding tert-OH is 1. The average molecular weight is 308 g/mol. The molecule has 0 bridgehead atoms. The molecule has 0 heterocycles. The van der Waals surface area contributed by atoms with E-state index in [1.807, 2.05) is 48.5 Å². The van der Waals surface area contributed by atoms with Crippen molar-refractivity contribution in [1.82, 2.24) is 0 Å². The van der Waals surface area contributed by atoms with Crippen molar-refractivity contribution < 1.29 is 19.7 Å². The van der Waals surface area contributed by atoms with Crippen LogP contribution in [-0.2, 0) is 6.61 Å². The van der Waals surface area contributed by atoms with Gasteiger partial charge in [0.1, 0.15) is 28.7 Å². The van der Waals surface area contributed by atoms with E-state index in [-0.39, 0.29) is 12.4 Å². The van der Waals surface area contributed by atoms with Gasteiger partial charge in [-0.1, -0.05) is 36.4 Å². The fraction of sp³-hybridized carbons (Fsp3) is 0.0526. The molecule has 3 aromatic carbocycles. The Morgan fingerprint density at radius 1 is 0.696 bits per heavy atom. The molecule has 0 aliphatic rings. The average Bonchev–Trinajstić information content (AvgIpc) is 2.57. The Kier molecular flexibility index (Phi) is 4.45. The van der Waals surface area contributed by atoms with E-state index in [0.29, 0.717) is 28.6 Å². The van der Waals surface area contributed by atoms with Crippen LogP contribution >= 0.6 is 0 Å². The molecule has 0 radical (unpaired) electrons. The SMILES string of the molecule is OCc1c(O)cc(Oc2ccccc2)cc1Oc1ccccc1. The van der Waals surface area contributed by atoms with Crippen LogP contribution in [0.1, 0.15) is 5.56 Å². The molecule has 0 amide bonds. The van der Waals surface area contributed by atoms with Crippen LogP contribution in [0.3, 0.4) is 0 Å². The summed E-state index contributed by atoms with van der Waals surface area (Å²) < 4.78 is 11.5. The quantitative estimate of drug-likeness (QED) is 0.730. The number of rotatable bonds is 5. The first-order valence-electron chi connectivity index (χ1n) is 7.19. The fourth-order valence-corrected chi connectivity index (χ4v) is 2.16. The van der Waals surface area contributed by atoms with E-state index >= 15 is 0 Å². The minimum atomic E-state index is -0.334. The second-order valence-electron chi connectivity index (χ2n) is 4.91. The van der Waals surface area contributed by atoms with Gasteiger partial charge in [-0.25, -0.2) is 0 Å². The molecule has 0 fully saturated rings. The van der Waals surface area contributed by atoms with Gasteiger partial charge in [0, 0.05) is 12.1 Å². The molecule has 3 rings (SSSR count). The summed E-state index contributed by atoms with van der Waals surface area (Å²) in [6.45, 7) is -0.334. The topological polar surface area (TPSA) is 58.9 Å². The van der Waals surface area contributed by atoms with Crippen LogP contribution in [0.25, 0.3) is 0 Å². The van der Waals surface area contributed by atoms with Crippen LogP contribution in [0.4, 0.5) is 0 Å². The van der Waals surface area contributed by atoms with Crippen molar-refractivity contribution in [3.05, 3.63) is 78.4 Å². The predicted molar refractivity (Wildman–Crippen MR) is 87.1 cm³/mol. The molecule has 23 heavy (non-hydrogen) atoms. The van der Waals surface area contributed by atoms with Crippen molar-refractivity contribution in [2.45, 2.75) is 6.61 Å². The number of ether oxygens (including phenoxy) is 2. The number of hydrogen-bond acceptors (Lipinski definition) is 4. The highest BCUT2D eigenvalue weighted by atomic mass is 16.5. The van der Waals surface area contributed by atoms with Gasteiger partial charge in [0.2, 0.25) is 0 Å². The van der Waals surface area contributed by atoms with E-state index in [9.17, 15) is 10.2 Å². The van der Waals surface area contributed by atoms with Crippen LogP contribution < -0.4 is 9.47 Å². The Bertz CT molecular complexity index is 770. The van der Waals surface area contributed by atoms with E-state index in [4.69, 9.17) is 9.47 Å². The number of phenols is 1. The zero-order valence-electron chi connectivity index (χ0n) is 12.3. The molecule has 0 unspecified atom stereocenters. The third kappa shape index (κ3) is 3.62. The van der Waals surface area contributed by atoms with Crippen molar-refractivity contribution in [2.24, 2.45) is 0 Å². The van der Waals surface area contributed by atoms with Crippen LogP contribution in [0.2, 0.25) is 0 Å². The van der Waals surface area contributed by atoms with Crippen molar-refractivity contribution in [3.63, 3.8) is 0 Å². The van der Waals surface area contributed by atoms with Gasteiger partial charge in [-0.15, -0.1) is 0 Å². The van der Waals surface area contributed by atoms with E-state index < -0.39 is 0 Å². The Balaban J connectivity index is 1.93. The molecule has 0 saturated carbocycles. The highest BCUT2D eigenvalue weighted by Gasteiger charge is 2.13. The number of benzene rings is 3. The maximum Gasteiger partial charge on any atom is 0.140 e. The Labute approximate surface area is 134 Å². The molecule has 0 saturated heterocycles. The molecule has 0 aromatic heterocycles. The molecule has 2 N–H and O–H groups in total. The van der Waals surface area contributed by atoms with Crippen molar-refractivity contribution in [1.29, 1.82) is 0 Å². The summed E-state index contributed by atoms with van der Waals surface area (Å²) in [7, 11) is 0. The third-order valence-electron chi connectivity index (χ3n) is 3.27. The van der Waals surface area contributed by atoms with Crippen molar-refractivity contribution >= 4 is 0 Å². The minimum absolute atomic E-state index is 0.0770. The van der Waals surface area contributed by atoms with Crippen LogP contribution in [0, 0.1) is 0 Å². The Morgan fingerprint density at radius 2 is 1.26 bits per heavy atom. The zero-order valence-corrected chi connectivity index (χ0v) is 12.3. The lowest BCUT2D eigenvalue weighted by Crippen LogP contribution is -1.94. The lowest BCUT2D eigenvalue weighted by molar-refractivity contribution is 0.269. The first-order valence-corrected chi connectivity index (χ1v) is 7.19. The normalized spacial score (nSPS) is 10.3. The van der Waals surface area contributed by atoms with Gasteiger partial charge in [-0.3, -0.25) is 0 Å².